The molecule has 0 saturated heterocycles. The van der Waals surface area contributed by atoms with Crippen LogP contribution in [-0.2, 0) is 0 Å². The number of benzene rings is 9. The smallest absolute Gasteiger partial charge is 0.0619 e. The van der Waals surface area contributed by atoms with Gasteiger partial charge in [0.2, 0.25) is 0 Å². The standard InChI is InChI=1S/C44H27N/c1-2-9-28(10-3-1)39-27-40-36-14-6-7-16-41(36)45(44(40)38-15-5-4-13-35(38)39)33-23-19-29(20-24-33)34-25-21-32-18-17-30-11-8-12-31-22-26-37(34)43(32)42(30)31/h1-27H. The van der Waals surface area contributed by atoms with Crippen LogP contribution in [0.25, 0.3) is 92.8 Å². The maximum Gasteiger partial charge on any atom is 0.0619 e. The zero-order chi connectivity index (χ0) is 29.5. The maximum absolute atomic E-state index is 2.45. The zero-order valence-corrected chi connectivity index (χ0v) is 24.5. The fourth-order valence-corrected chi connectivity index (χ4v) is 7.72. The van der Waals surface area contributed by atoms with Gasteiger partial charge in [-0.3, -0.25) is 0 Å². The second-order valence-corrected chi connectivity index (χ2v) is 12.1. The summed E-state index contributed by atoms with van der Waals surface area (Å²) in [5.41, 5.74) is 8.65. The molecule has 9 aromatic carbocycles. The molecule has 0 amide bonds. The van der Waals surface area contributed by atoms with Crippen LogP contribution < -0.4 is 0 Å². The number of aromatic nitrogens is 1. The molecule has 10 rings (SSSR count). The average molecular weight is 570 g/mol. The Bertz CT molecular complexity index is 2710. The van der Waals surface area contributed by atoms with E-state index in [1.54, 1.807) is 0 Å². The lowest BCUT2D eigenvalue weighted by atomic mass is 9.90. The van der Waals surface area contributed by atoms with E-state index in [0.717, 1.165) is 0 Å². The van der Waals surface area contributed by atoms with Crippen molar-refractivity contribution in [3.05, 3.63) is 164 Å². The molecule has 208 valence electrons. The van der Waals surface area contributed by atoms with Crippen molar-refractivity contribution in [2.75, 3.05) is 0 Å². The highest BCUT2D eigenvalue weighted by Gasteiger charge is 2.18. The van der Waals surface area contributed by atoms with Crippen molar-refractivity contribution in [3.63, 3.8) is 0 Å². The fourth-order valence-electron chi connectivity index (χ4n) is 7.72. The summed E-state index contributed by atoms with van der Waals surface area (Å²) in [6, 6.07) is 60.2. The van der Waals surface area contributed by atoms with E-state index < -0.39 is 0 Å². The van der Waals surface area contributed by atoms with E-state index in [9.17, 15) is 0 Å². The molecule has 0 bridgehead atoms. The summed E-state index contributed by atoms with van der Waals surface area (Å²) >= 11 is 0. The minimum atomic E-state index is 1.17. The second-order valence-electron chi connectivity index (χ2n) is 12.1. The van der Waals surface area contributed by atoms with E-state index >= 15 is 0 Å². The molecule has 45 heavy (non-hydrogen) atoms. The van der Waals surface area contributed by atoms with E-state index in [1.165, 1.54) is 92.8 Å². The summed E-state index contributed by atoms with van der Waals surface area (Å²) in [4.78, 5) is 0. The predicted molar refractivity (Wildman–Crippen MR) is 193 cm³/mol. The first-order chi connectivity index (χ1) is 22.3. The van der Waals surface area contributed by atoms with Crippen molar-refractivity contribution in [1.29, 1.82) is 0 Å². The molecular formula is C44H27N. The monoisotopic (exact) mass is 569 g/mol. The SMILES string of the molecule is c1ccc(-c2cc3c4ccccc4n(-c4ccc(-c5ccc6ccc7cccc8ccc5c6c78)cc4)c3c3ccccc23)cc1. The molecule has 0 aliphatic rings. The van der Waals surface area contributed by atoms with Crippen LogP contribution in [0, 0.1) is 0 Å². The normalized spacial score (nSPS) is 12.0. The molecular weight excluding hydrogens is 542 g/mol. The topological polar surface area (TPSA) is 4.93 Å². The molecule has 10 aromatic rings. The molecule has 0 fully saturated rings. The van der Waals surface area contributed by atoms with Crippen LogP contribution in [-0.4, -0.2) is 4.57 Å². The molecule has 0 N–H and O–H groups in total. The van der Waals surface area contributed by atoms with E-state index in [0.29, 0.717) is 0 Å². The Morgan fingerprint density at radius 2 is 0.956 bits per heavy atom. The van der Waals surface area contributed by atoms with Gasteiger partial charge in [0.05, 0.1) is 11.0 Å². The van der Waals surface area contributed by atoms with Crippen LogP contribution in [0.5, 0.6) is 0 Å². The molecule has 0 saturated carbocycles. The number of fused-ring (bicyclic) bond motifs is 5. The van der Waals surface area contributed by atoms with E-state index in [2.05, 4.69) is 168 Å². The molecule has 1 heterocycles. The first-order valence-electron chi connectivity index (χ1n) is 15.6. The summed E-state index contributed by atoms with van der Waals surface area (Å²) in [5, 5.41) is 13.0. The van der Waals surface area contributed by atoms with E-state index in [-0.39, 0.29) is 0 Å². The van der Waals surface area contributed by atoms with Crippen molar-refractivity contribution >= 4 is 64.9 Å². The molecule has 1 aromatic heterocycles. The lowest BCUT2D eigenvalue weighted by Crippen LogP contribution is -1.95. The van der Waals surface area contributed by atoms with Gasteiger partial charge < -0.3 is 4.57 Å². The highest BCUT2D eigenvalue weighted by molar-refractivity contribution is 6.25. The van der Waals surface area contributed by atoms with Crippen LogP contribution in [0.2, 0.25) is 0 Å². The van der Waals surface area contributed by atoms with Gasteiger partial charge in [0.15, 0.2) is 0 Å². The quantitative estimate of drug-likeness (QED) is 0.187. The Kier molecular flexibility index (Phi) is 5.06. The van der Waals surface area contributed by atoms with Gasteiger partial charge in [0.25, 0.3) is 0 Å². The molecule has 0 spiro atoms. The molecule has 0 aliphatic carbocycles. The van der Waals surface area contributed by atoms with Crippen molar-refractivity contribution < 1.29 is 0 Å². The van der Waals surface area contributed by atoms with Gasteiger partial charge in [-0.05, 0) is 84.2 Å². The van der Waals surface area contributed by atoms with Gasteiger partial charge in [-0.1, -0.05) is 140 Å². The number of rotatable bonds is 3. The fraction of sp³-hybridized carbons (Fsp3) is 0. The molecule has 0 atom stereocenters. The third-order valence-electron chi connectivity index (χ3n) is 9.72. The minimum absolute atomic E-state index is 1.17. The first-order valence-corrected chi connectivity index (χ1v) is 15.6. The zero-order valence-electron chi connectivity index (χ0n) is 24.5. The number of hydrogen-bond donors (Lipinski definition) is 0. The Hall–Kier alpha value is -5.92. The minimum Gasteiger partial charge on any atom is -0.309 e. The summed E-state index contributed by atoms with van der Waals surface area (Å²) in [6.07, 6.45) is 0. The summed E-state index contributed by atoms with van der Waals surface area (Å²) in [6.45, 7) is 0. The van der Waals surface area contributed by atoms with Crippen LogP contribution in [0.15, 0.2) is 164 Å². The van der Waals surface area contributed by atoms with E-state index in [4.69, 9.17) is 0 Å². The van der Waals surface area contributed by atoms with Crippen LogP contribution in [0.3, 0.4) is 0 Å². The molecule has 1 nitrogen and oxygen atoms in total. The molecule has 0 unspecified atom stereocenters. The first kappa shape index (κ1) is 24.5. The Balaban J connectivity index is 1.21. The Morgan fingerprint density at radius 1 is 0.333 bits per heavy atom. The largest absolute Gasteiger partial charge is 0.309 e. The second kappa shape index (κ2) is 9.29. The third kappa shape index (κ3) is 3.50. The highest BCUT2D eigenvalue weighted by Crippen LogP contribution is 2.42. The number of nitrogens with zero attached hydrogens (tertiary/aromatic N) is 1. The Morgan fingerprint density at radius 3 is 1.76 bits per heavy atom. The lowest BCUT2D eigenvalue weighted by molar-refractivity contribution is 1.19. The molecule has 0 radical (unpaired) electrons. The van der Waals surface area contributed by atoms with Gasteiger partial charge in [-0.2, -0.15) is 0 Å². The van der Waals surface area contributed by atoms with Gasteiger partial charge in [-0.25, -0.2) is 0 Å². The maximum atomic E-state index is 2.45. The average Bonchev–Trinajstić information content (AvgIpc) is 3.45. The van der Waals surface area contributed by atoms with Crippen LogP contribution in [0.4, 0.5) is 0 Å². The van der Waals surface area contributed by atoms with Gasteiger partial charge >= 0.3 is 0 Å². The van der Waals surface area contributed by atoms with Crippen molar-refractivity contribution in [1.82, 2.24) is 4.57 Å². The number of hydrogen-bond acceptors (Lipinski definition) is 0. The van der Waals surface area contributed by atoms with E-state index in [1.807, 2.05) is 0 Å². The van der Waals surface area contributed by atoms with Gasteiger partial charge in [0.1, 0.15) is 0 Å². The number of para-hydroxylation sites is 1. The molecule has 1 heteroatoms. The third-order valence-corrected chi connectivity index (χ3v) is 9.72. The summed E-state index contributed by atoms with van der Waals surface area (Å²) < 4.78 is 2.45. The summed E-state index contributed by atoms with van der Waals surface area (Å²) in [7, 11) is 0. The predicted octanol–water partition coefficient (Wildman–Crippen LogP) is 12.2. The van der Waals surface area contributed by atoms with Crippen molar-refractivity contribution in [3.8, 4) is 27.9 Å². The Labute approximate surface area is 260 Å². The van der Waals surface area contributed by atoms with Crippen molar-refractivity contribution in [2.45, 2.75) is 0 Å². The summed E-state index contributed by atoms with van der Waals surface area (Å²) in [5.74, 6) is 0. The molecule has 0 aliphatic heterocycles. The van der Waals surface area contributed by atoms with Crippen LogP contribution in [0.1, 0.15) is 0 Å². The lowest BCUT2D eigenvalue weighted by Gasteiger charge is -2.15. The van der Waals surface area contributed by atoms with Crippen molar-refractivity contribution in [2.24, 2.45) is 0 Å². The van der Waals surface area contributed by atoms with Gasteiger partial charge in [0, 0.05) is 21.8 Å². The van der Waals surface area contributed by atoms with Crippen LogP contribution >= 0.6 is 0 Å². The van der Waals surface area contributed by atoms with Gasteiger partial charge in [-0.15, -0.1) is 0 Å². The highest BCUT2D eigenvalue weighted by atomic mass is 15.0.